The molecule has 1 aromatic carbocycles. The van der Waals surface area contributed by atoms with Gasteiger partial charge in [0.1, 0.15) is 0 Å². The van der Waals surface area contributed by atoms with Crippen LogP contribution < -0.4 is 5.32 Å². The number of nitrogens with one attached hydrogen (secondary N) is 1. The van der Waals surface area contributed by atoms with Crippen LogP contribution in [0, 0.1) is 0 Å². The molecule has 1 fully saturated rings. The summed E-state index contributed by atoms with van der Waals surface area (Å²) in [6, 6.07) is 5.86. The van der Waals surface area contributed by atoms with Crippen LogP contribution in [0.2, 0.25) is 10.0 Å². The van der Waals surface area contributed by atoms with Gasteiger partial charge in [0, 0.05) is 11.6 Å². The van der Waals surface area contributed by atoms with E-state index in [1.165, 1.54) is 19.3 Å². The van der Waals surface area contributed by atoms with E-state index in [4.69, 9.17) is 23.2 Å². The molecule has 1 aliphatic carbocycles. The third-order valence-electron chi connectivity index (χ3n) is 4.08. The highest BCUT2D eigenvalue weighted by atomic mass is 35.5. The van der Waals surface area contributed by atoms with Crippen LogP contribution in [0.25, 0.3) is 0 Å². The van der Waals surface area contributed by atoms with Gasteiger partial charge in [-0.1, -0.05) is 48.5 Å². The van der Waals surface area contributed by atoms with Gasteiger partial charge in [0.25, 0.3) is 0 Å². The Kier molecular flexibility index (Phi) is 5.13. The molecule has 0 heterocycles. The molecule has 19 heavy (non-hydrogen) atoms. The lowest BCUT2D eigenvalue weighted by molar-refractivity contribution is 0.111. The Labute approximate surface area is 125 Å². The van der Waals surface area contributed by atoms with Gasteiger partial charge in [-0.15, -0.1) is 0 Å². The molecule has 1 unspecified atom stereocenters. The first kappa shape index (κ1) is 15.1. The van der Waals surface area contributed by atoms with E-state index in [2.05, 4.69) is 12.2 Å². The lowest BCUT2D eigenvalue weighted by atomic mass is 9.81. The Hall–Kier alpha value is -0.280. The Bertz CT molecular complexity index is 430. The van der Waals surface area contributed by atoms with Gasteiger partial charge in [-0.3, -0.25) is 0 Å². The van der Waals surface area contributed by atoms with Crippen LogP contribution in [0.3, 0.4) is 0 Å². The van der Waals surface area contributed by atoms with Crippen LogP contribution >= 0.6 is 23.2 Å². The number of benzene rings is 1. The zero-order chi connectivity index (χ0) is 13.9. The Morgan fingerprint density at radius 1 is 1.21 bits per heavy atom. The largest absolute Gasteiger partial charge is 0.394 e. The Morgan fingerprint density at radius 3 is 2.47 bits per heavy atom. The van der Waals surface area contributed by atoms with Gasteiger partial charge >= 0.3 is 0 Å². The molecule has 0 aliphatic heterocycles. The highest BCUT2D eigenvalue weighted by molar-refractivity contribution is 6.42. The van der Waals surface area contributed by atoms with Crippen molar-refractivity contribution in [3.63, 3.8) is 0 Å². The molecular weight excluding hydrogens is 281 g/mol. The highest BCUT2D eigenvalue weighted by Crippen LogP contribution is 2.32. The SMILES string of the molecule is CC(NC1(CO)CCCCC1)c1ccc(Cl)c(Cl)c1. The zero-order valence-electron chi connectivity index (χ0n) is 11.3. The minimum atomic E-state index is -0.135. The topological polar surface area (TPSA) is 32.3 Å². The maximum absolute atomic E-state index is 9.73. The molecule has 0 saturated heterocycles. The van der Waals surface area contributed by atoms with Crippen molar-refractivity contribution in [2.75, 3.05) is 6.61 Å². The standard InChI is InChI=1S/C15H21Cl2NO/c1-11(12-5-6-13(16)14(17)9-12)18-15(10-19)7-3-2-4-8-15/h5-6,9,11,18-19H,2-4,7-8,10H2,1H3. The second-order valence-corrected chi connectivity index (χ2v) is 6.35. The van der Waals surface area contributed by atoms with Gasteiger partial charge in [-0.25, -0.2) is 0 Å². The molecule has 0 spiro atoms. The van der Waals surface area contributed by atoms with Crippen LogP contribution in [0.5, 0.6) is 0 Å². The summed E-state index contributed by atoms with van der Waals surface area (Å²) >= 11 is 12.0. The molecule has 2 N–H and O–H groups in total. The molecule has 2 rings (SSSR count). The maximum atomic E-state index is 9.73. The smallest absolute Gasteiger partial charge is 0.0613 e. The average molecular weight is 302 g/mol. The van der Waals surface area contributed by atoms with E-state index >= 15 is 0 Å². The highest BCUT2D eigenvalue weighted by Gasteiger charge is 2.32. The lowest BCUT2D eigenvalue weighted by Gasteiger charge is -2.39. The predicted molar refractivity (Wildman–Crippen MR) is 80.9 cm³/mol. The molecule has 1 saturated carbocycles. The van der Waals surface area contributed by atoms with E-state index in [0.717, 1.165) is 18.4 Å². The molecule has 1 atom stereocenters. The Morgan fingerprint density at radius 2 is 1.89 bits per heavy atom. The normalized spacial score (nSPS) is 20.2. The van der Waals surface area contributed by atoms with E-state index in [0.29, 0.717) is 10.0 Å². The lowest BCUT2D eigenvalue weighted by Crippen LogP contribution is -2.50. The molecule has 0 bridgehead atoms. The first-order valence-corrected chi connectivity index (χ1v) is 7.65. The van der Waals surface area contributed by atoms with Crippen molar-refractivity contribution in [1.29, 1.82) is 0 Å². The molecule has 2 nitrogen and oxygen atoms in total. The number of halogens is 2. The first-order chi connectivity index (χ1) is 9.06. The van der Waals surface area contributed by atoms with E-state index in [1.54, 1.807) is 0 Å². The first-order valence-electron chi connectivity index (χ1n) is 6.90. The maximum Gasteiger partial charge on any atom is 0.0613 e. The molecule has 106 valence electrons. The third kappa shape index (κ3) is 3.63. The van der Waals surface area contributed by atoms with Crippen LogP contribution in [0.15, 0.2) is 18.2 Å². The van der Waals surface area contributed by atoms with Crippen LogP contribution in [-0.4, -0.2) is 17.3 Å². The van der Waals surface area contributed by atoms with Gasteiger partial charge < -0.3 is 10.4 Å². The average Bonchev–Trinajstić information content (AvgIpc) is 2.43. The molecule has 1 aliphatic rings. The van der Waals surface area contributed by atoms with E-state index < -0.39 is 0 Å². The fourth-order valence-corrected chi connectivity index (χ4v) is 3.21. The minimum Gasteiger partial charge on any atom is -0.394 e. The van der Waals surface area contributed by atoms with Crippen molar-refractivity contribution in [2.45, 2.75) is 50.6 Å². The van der Waals surface area contributed by atoms with Crippen molar-refractivity contribution in [1.82, 2.24) is 5.32 Å². The van der Waals surface area contributed by atoms with Crippen LogP contribution in [0.1, 0.15) is 50.6 Å². The molecule has 0 aromatic heterocycles. The predicted octanol–water partition coefficient (Wildman–Crippen LogP) is 4.34. The second-order valence-electron chi connectivity index (χ2n) is 5.54. The van der Waals surface area contributed by atoms with E-state index in [-0.39, 0.29) is 18.2 Å². The summed E-state index contributed by atoms with van der Waals surface area (Å²) in [5, 5.41) is 14.5. The Balaban J connectivity index is 2.10. The van der Waals surface area contributed by atoms with Crippen molar-refractivity contribution >= 4 is 23.2 Å². The summed E-state index contributed by atoms with van der Waals surface area (Å²) in [7, 11) is 0. The summed E-state index contributed by atoms with van der Waals surface area (Å²) < 4.78 is 0. The van der Waals surface area contributed by atoms with Gasteiger partial charge in [-0.2, -0.15) is 0 Å². The van der Waals surface area contributed by atoms with E-state index in [1.807, 2.05) is 18.2 Å². The molecule has 0 amide bonds. The summed E-state index contributed by atoms with van der Waals surface area (Å²) in [6.07, 6.45) is 5.71. The number of rotatable bonds is 4. The summed E-state index contributed by atoms with van der Waals surface area (Å²) in [4.78, 5) is 0. The molecule has 1 aromatic rings. The van der Waals surface area contributed by atoms with Crippen molar-refractivity contribution in [3.8, 4) is 0 Å². The summed E-state index contributed by atoms with van der Waals surface area (Å²) in [5.74, 6) is 0. The fraction of sp³-hybridized carbons (Fsp3) is 0.600. The zero-order valence-corrected chi connectivity index (χ0v) is 12.8. The van der Waals surface area contributed by atoms with Gasteiger partial charge in [-0.05, 0) is 37.5 Å². The monoisotopic (exact) mass is 301 g/mol. The van der Waals surface area contributed by atoms with Crippen molar-refractivity contribution in [2.24, 2.45) is 0 Å². The number of aliphatic hydroxyl groups is 1. The molecule has 4 heteroatoms. The minimum absolute atomic E-state index is 0.135. The quantitative estimate of drug-likeness (QED) is 0.867. The summed E-state index contributed by atoms with van der Waals surface area (Å²) in [6.45, 7) is 2.30. The second kappa shape index (κ2) is 6.45. The number of hydrogen-bond acceptors (Lipinski definition) is 2. The molecule has 0 radical (unpaired) electrons. The van der Waals surface area contributed by atoms with Crippen LogP contribution in [-0.2, 0) is 0 Å². The van der Waals surface area contributed by atoms with Crippen LogP contribution in [0.4, 0.5) is 0 Å². The fourth-order valence-electron chi connectivity index (χ4n) is 2.90. The number of aliphatic hydroxyl groups excluding tert-OH is 1. The van der Waals surface area contributed by atoms with Gasteiger partial charge in [0.05, 0.1) is 16.7 Å². The third-order valence-corrected chi connectivity index (χ3v) is 4.82. The number of hydrogen-bond donors (Lipinski definition) is 2. The van der Waals surface area contributed by atoms with Crippen molar-refractivity contribution < 1.29 is 5.11 Å². The van der Waals surface area contributed by atoms with Gasteiger partial charge in [0.2, 0.25) is 0 Å². The van der Waals surface area contributed by atoms with Crippen molar-refractivity contribution in [3.05, 3.63) is 33.8 Å². The van der Waals surface area contributed by atoms with E-state index in [9.17, 15) is 5.11 Å². The van der Waals surface area contributed by atoms with Gasteiger partial charge in [0.15, 0.2) is 0 Å². The summed E-state index contributed by atoms with van der Waals surface area (Å²) in [5.41, 5.74) is 0.969. The molecular formula is C15H21Cl2NO.